The van der Waals surface area contributed by atoms with Crippen molar-refractivity contribution in [2.75, 3.05) is 32.9 Å². The van der Waals surface area contributed by atoms with Crippen LogP contribution >= 0.6 is 0 Å². The lowest BCUT2D eigenvalue weighted by Crippen LogP contribution is -2.43. The second kappa shape index (κ2) is 6.98. The maximum absolute atomic E-state index is 9.76. The van der Waals surface area contributed by atoms with Crippen LogP contribution in [0.15, 0.2) is 24.5 Å². The topological polar surface area (TPSA) is 45.6 Å². The summed E-state index contributed by atoms with van der Waals surface area (Å²) in [7, 11) is 0. The lowest BCUT2D eigenvalue weighted by molar-refractivity contribution is -0.0348. The molecule has 0 bridgehead atoms. The van der Waals surface area contributed by atoms with Crippen molar-refractivity contribution in [3.05, 3.63) is 30.1 Å². The lowest BCUT2D eigenvalue weighted by atomic mass is 9.80. The molecule has 0 radical (unpaired) electrons. The molecule has 1 aliphatic heterocycles. The fraction of sp³-hybridized carbons (Fsp3) is 0.667. The Morgan fingerprint density at radius 1 is 1.32 bits per heavy atom. The van der Waals surface area contributed by atoms with E-state index in [1.54, 1.807) is 0 Å². The number of hydrogen-bond donors (Lipinski definition) is 1. The highest BCUT2D eigenvalue weighted by Gasteiger charge is 2.33. The maximum atomic E-state index is 9.76. The molecule has 1 fully saturated rings. The molecule has 0 aliphatic carbocycles. The van der Waals surface area contributed by atoms with E-state index < -0.39 is 0 Å². The first-order valence-electron chi connectivity index (χ1n) is 7.08. The predicted octanol–water partition coefficient (Wildman–Crippen LogP) is 1.69. The van der Waals surface area contributed by atoms with Crippen LogP contribution in [0.2, 0.25) is 0 Å². The molecule has 2 rings (SSSR count). The van der Waals surface area contributed by atoms with Crippen LogP contribution < -0.4 is 0 Å². The molecule has 0 spiro atoms. The van der Waals surface area contributed by atoms with Crippen molar-refractivity contribution in [3.63, 3.8) is 0 Å². The molecule has 1 aromatic rings. The van der Waals surface area contributed by atoms with Crippen LogP contribution in [0.25, 0.3) is 0 Å². The molecule has 4 heteroatoms. The van der Waals surface area contributed by atoms with Crippen molar-refractivity contribution >= 4 is 0 Å². The van der Waals surface area contributed by atoms with Gasteiger partial charge in [0.1, 0.15) is 0 Å². The van der Waals surface area contributed by atoms with Crippen molar-refractivity contribution in [3.8, 4) is 0 Å². The van der Waals surface area contributed by atoms with Crippen molar-refractivity contribution in [1.29, 1.82) is 0 Å². The molecule has 1 aromatic heterocycles. The number of ether oxygens (including phenoxy) is 1. The second-order valence-corrected chi connectivity index (χ2v) is 5.43. The molecule has 1 saturated heterocycles. The van der Waals surface area contributed by atoms with Crippen molar-refractivity contribution in [2.24, 2.45) is 5.41 Å². The summed E-state index contributed by atoms with van der Waals surface area (Å²) in [6, 6.07) is 4.11. The summed E-state index contributed by atoms with van der Waals surface area (Å²) in [5.41, 5.74) is 1.29. The molecule has 0 atom stereocenters. The molecule has 4 nitrogen and oxygen atoms in total. The van der Waals surface area contributed by atoms with Gasteiger partial charge in [0.25, 0.3) is 0 Å². The van der Waals surface area contributed by atoms with E-state index in [1.165, 1.54) is 5.56 Å². The van der Waals surface area contributed by atoms with Gasteiger partial charge in [-0.05, 0) is 37.1 Å². The Morgan fingerprint density at radius 2 is 2.00 bits per heavy atom. The van der Waals surface area contributed by atoms with Crippen LogP contribution in [-0.4, -0.2) is 47.9 Å². The molecule has 1 N–H and O–H groups in total. The van der Waals surface area contributed by atoms with E-state index in [4.69, 9.17) is 4.74 Å². The smallest absolute Gasteiger partial charge is 0.0501 e. The van der Waals surface area contributed by atoms with Crippen molar-refractivity contribution in [1.82, 2.24) is 9.88 Å². The standard InChI is InChI=1S/C15H24N2O2/c1-2-17(11-14-3-7-16-8-4-14)12-15(13-18)5-9-19-10-6-15/h3-4,7-8,18H,2,5-6,9-13H2,1H3. The largest absolute Gasteiger partial charge is 0.396 e. The third-order valence-electron chi connectivity index (χ3n) is 4.05. The molecule has 0 aromatic carbocycles. The van der Waals surface area contributed by atoms with E-state index >= 15 is 0 Å². The van der Waals surface area contributed by atoms with E-state index in [1.807, 2.05) is 12.4 Å². The van der Waals surface area contributed by atoms with Gasteiger partial charge >= 0.3 is 0 Å². The highest BCUT2D eigenvalue weighted by atomic mass is 16.5. The Labute approximate surface area is 115 Å². The lowest BCUT2D eigenvalue weighted by Gasteiger charge is -2.39. The predicted molar refractivity (Wildman–Crippen MR) is 74.8 cm³/mol. The monoisotopic (exact) mass is 264 g/mol. The SMILES string of the molecule is CCN(Cc1ccncc1)CC1(CO)CCOCC1. The Bertz CT molecular complexity index is 364. The summed E-state index contributed by atoms with van der Waals surface area (Å²) < 4.78 is 5.42. The normalized spacial score (nSPS) is 18.7. The summed E-state index contributed by atoms with van der Waals surface area (Å²) in [4.78, 5) is 6.45. The van der Waals surface area contributed by atoms with Gasteiger partial charge in [-0.3, -0.25) is 9.88 Å². The van der Waals surface area contributed by atoms with E-state index in [9.17, 15) is 5.11 Å². The first kappa shape index (κ1) is 14.4. The van der Waals surface area contributed by atoms with Crippen molar-refractivity contribution in [2.45, 2.75) is 26.3 Å². The highest BCUT2D eigenvalue weighted by Crippen LogP contribution is 2.31. The summed E-state index contributed by atoms with van der Waals surface area (Å²) >= 11 is 0. The first-order chi connectivity index (χ1) is 9.28. The summed E-state index contributed by atoms with van der Waals surface area (Å²) in [5.74, 6) is 0. The Morgan fingerprint density at radius 3 is 2.58 bits per heavy atom. The summed E-state index contributed by atoms with van der Waals surface area (Å²) in [6.45, 7) is 6.81. The number of aliphatic hydroxyl groups excluding tert-OH is 1. The van der Waals surface area contributed by atoms with E-state index in [-0.39, 0.29) is 12.0 Å². The number of pyridine rings is 1. The number of nitrogens with zero attached hydrogens (tertiary/aromatic N) is 2. The molecule has 2 heterocycles. The minimum absolute atomic E-state index is 0.0152. The van der Waals surface area contributed by atoms with Crippen LogP contribution in [0.1, 0.15) is 25.3 Å². The van der Waals surface area contributed by atoms with Crippen LogP contribution in [0.4, 0.5) is 0 Å². The zero-order chi connectivity index (χ0) is 13.6. The quantitative estimate of drug-likeness (QED) is 0.849. The van der Waals surface area contributed by atoms with E-state index in [0.29, 0.717) is 0 Å². The third-order valence-corrected chi connectivity index (χ3v) is 4.05. The van der Waals surface area contributed by atoms with Gasteiger partial charge in [0, 0.05) is 44.1 Å². The fourth-order valence-electron chi connectivity index (χ4n) is 2.67. The van der Waals surface area contributed by atoms with Crippen LogP contribution in [-0.2, 0) is 11.3 Å². The molecule has 106 valence electrons. The molecule has 0 unspecified atom stereocenters. The van der Waals surface area contributed by atoms with Gasteiger partial charge in [-0.15, -0.1) is 0 Å². The third kappa shape index (κ3) is 4.00. The fourth-order valence-corrected chi connectivity index (χ4v) is 2.67. The Kier molecular flexibility index (Phi) is 5.31. The van der Waals surface area contributed by atoms with Crippen molar-refractivity contribution < 1.29 is 9.84 Å². The van der Waals surface area contributed by atoms with Crippen LogP contribution in [0.3, 0.4) is 0 Å². The summed E-state index contributed by atoms with van der Waals surface area (Å²) in [5, 5.41) is 9.76. The minimum Gasteiger partial charge on any atom is -0.396 e. The molecule has 0 saturated carbocycles. The maximum Gasteiger partial charge on any atom is 0.0501 e. The Hall–Kier alpha value is -0.970. The average Bonchev–Trinajstić information content (AvgIpc) is 2.48. The zero-order valence-corrected chi connectivity index (χ0v) is 11.7. The first-order valence-corrected chi connectivity index (χ1v) is 7.08. The second-order valence-electron chi connectivity index (χ2n) is 5.43. The van der Waals surface area contributed by atoms with Gasteiger partial charge in [0.15, 0.2) is 0 Å². The van der Waals surface area contributed by atoms with Gasteiger partial charge in [-0.1, -0.05) is 6.92 Å². The van der Waals surface area contributed by atoms with Gasteiger partial charge < -0.3 is 9.84 Å². The number of hydrogen-bond acceptors (Lipinski definition) is 4. The summed E-state index contributed by atoms with van der Waals surface area (Å²) in [6.07, 6.45) is 5.57. The molecule has 0 amide bonds. The molecule has 1 aliphatic rings. The Balaban J connectivity index is 1.97. The molecule has 19 heavy (non-hydrogen) atoms. The van der Waals surface area contributed by atoms with Gasteiger partial charge in [-0.2, -0.15) is 0 Å². The van der Waals surface area contributed by atoms with Crippen LogP contribution in [0.5, 0.6) is 0 Å². The number of aliphatic hydroxyl groups is 1. The van der Waals surface area contributed by atoms with Crippen LogP contribution in [0, 0.1) is 5.41 Å². The van der Waals surface area contributed by atoms with Gasteiger partial charge in [-0.25, -0.2) is 0 Å². The van der Waals surface area contributed by atoms with Gasteiger partial charge in [0.05, 0.1) is 6.61 Å². The zero-order valence-electron chi connectivity index (χ0n) is 11.7. The van der Waals surface area contributed by atoms with Gasteiger partial charge in [0.2, 0.25) is 0 Å². The molecular formula is C15H24N2O2. The van der Waals surface area contributed by atoms with E-state index in [0.717, 1.165) is 45.7 Å². The molecular weight excluding hydrogens is 240 g/mol. The minimum atomic E-state index is 0.0152. The number of rotatable bonds is 6. The van der Waals surface area contributed by atoms with E-state index in [2.05, 4.69) is 28.9 Å². The highest BCUT2D eigenvalue weighted by molar-refractivity contribution is 5.09. The average molecular weight is 264 g/mol. The number of aromatic nitrogens is 1.